The minimum atomic E-state index is 0.0187. The van der Waals surface area contributed by atoms with Crippen molar-refractivity contribution in [2.45, 2.75) is 38.1 Å². The van der Waals surface area contributed by atoms with E-state index < -0.39 is 0 Å². The Hall–Kier alpha value is -3.02. The van der Waals surface area contributed by atoms with Crippen LogP contribution in [-0.4, -0.2) is 36.9 Å². The van der Waals surface area contributed by atoms with Crippen molar-refractivity contribution >= 4 is 5.91 Å². The molecular formula is C21H23N5O. The van der Waals surface area contributed by atoms with Gasteiger partial charge in [-0.3, -0.25) is 14.3 Å². The number of aromatic nitrogens is 4. The summed E-state index contributed by atoms with van der Waals surface area (Å²) in [5, 5.41) is 0. The normalized spacial score (nSPS) is 16.6. The fourth-order valence-corrected chi connectivity index (χ4v) is 3.65. The van der Waals surface area contributed by atoms with E-state index in [1.54, 1.807) is 24.9 Å². The molecule has 0 N–H and O–H groups in total. The number of carbonyl (C=O) groups is 1. The fraction of sp³-hybridized carbons (Fsp3) is 0.333. The van der Waals surface area contributed by atoms with Crippen LogP contribution < -0.4 is 0 Å². The van der Waals surface area contributed by atoms with Crippen LogP contribution in [0.25, 0.3) is 5.82 Å². The van der Waals surface area contributed by atoms with E-state index in [1.807, 2.05) is 33.9 Å². The molecular weight excluding hydrogens is 338 g/mol. The van der Waals surface area contributed by atoms with Crippen molar-refractivity contribution in [3.05, 3.63) is 72.7 Å². The standard InChI is InChI=1S/C21H23N5O/c27-21(10-4-8-17-6-2-1-3-7-17)26-12-5-9-19(26)18-14-23-15-20(24-18)25-13-11-22-16-25/h1-3,6-7,11,13-16,19H,4-5,8-10,12H2/t19-/m0/s1. The Bertz CT molecular complexity index is 879. The van der Waals surface area contributed by atoms with E-state index in [0.29, 0.717) is 6.42 Å². The van der Waals surface area contributed by atoms with Gasteiger partial charge in [-0.1, -0.05) is 30.3 Å². The Morgan fingerprint density at radius 3 is 2.85 bits per heavy atom. The number of likely N-dealkylation sites (tertiary alicyclic amines) is 1. The van der Waals surface area contributed by atoms with E-state index in [4.69, 9.17) is 4.98 Å². The van der Waals surface area contributed by atoms with Gasteiger partial charge in [-0.05, 0) is 31.2 Å². The Labute approximate surface area is 158 Å². The second-order valence-corrected chi connectivity index (χ2v) is 6.86. The van der Waals surface area contributed by atoms with E-state index in [-0.39, 0.29) is 11.9 Å². The Morgan fingerprint density at radius 2 is 2.04 bits per heavy atom. The minimum absolute atomic E-state index is 0.0187. The first kappa shape index (κ1) is 17.4. The molecule has 6 nitrogen and oxygen atoms in total. The van der Waals surface area contributed by atoms with Gasteiger partial charge in [-0.2, -0.15) is 0 Å². The highest BCUT2D eigenvalue weighted by atomic mass is 16.2. The van der Waals surface area contributed by atoms with E-state index in [2.05, 4.69) is 22.1 Å². The number of aryl methyl sites for hydroxylation is 1. The van der Waals surface area contributed by atoms with Crippen molar-refractivity contribution in [3.63, 3.8) is 0 Å². The second-order valence-electron chi connectivity index (χ2n) is 6.86. The lowest BCUT2D eigenvalue weighted by atomic mass is 10.1. The van der Waals surface area contributed by atoms with Crippen LogP contribution in [-0.2, 0) is 11.2 Å². The molecule has 0 spiro atoms. The summed E-state index contributed by atoms with van der Waals surface area (Å²) in [7, 11) is 0. The van der Waals surface area contributed by atoms with Crippen LogP contribution >= 0.6 is 0 Å². The zero-order valence-electron chi connectivity index (χ0n) is 15.2. The summed E-state index contributed by atoms with van der Waals surface area (Å²) in [6, 6.07) is 10.3. The predicted molar refractivity (Wildman–Crippen MR) is 102 cm³/mol. The highest BCUT2D eigenvalue weighted by Crippen LogP contribution is 2.31. The van der Waals surface area contributed by atoms with Crippen LogP contribution in [0.5, 0.6) is 0 Å². The predicted octanol–water partition coefficient (Wildman–Crippen LogP) is 3.35. The molecule has 1 aliphatic heterocycles. The summed E-state index contributed by atoms with van der Waals surface area (Å²) in [6.45, 7) is 0.797. The van der Waals surface area contributed by atoms with Crippen molar-refractivity contribution in [1.29, 1.82) is 0 Å². The highest BCUT2D eigenvalue weighted by Gasteiger charge is 2.30. The Morgan fingerprint density at radius 1 is 1.15 bits per heavy atom. The maximum atomic E-state index is 12.8. The van der Waals surface area contributed by atoms with Crippen molar-refractivity contribution in [3.8, 4) is 5.82 Å². The number of amides is 1. The lowest BCUT2D eigenvalue weighted by molar-refractivity contribution is -0.132. The summed E-state index contributed by atoms with van der Waals surface area (Å²) in [6.07, 6.45) is 13.1. The molecule has 0 unspecified atom stereocenters. The molecule has 1 atom stereocenters. The minimum Gasteiger partial charge on any atom is -0.334 e. The van der Waals surface area contributed by atoms with Gasteiger partial charge in [0.25, 0.3) is 0 Å². The number of rotatable bonds is 6. The lowest BCUT2D eigenvalue weighted by Crippen LogP contribution is -2.31. The summed E-state index contributed by atoms with van der Waals surface area (Å²) in [4.78, 5) is 27.9. The lowest BCUT2D eigenvalue weighted by Gasteiger charge is -2.24. The molecule has 1 saturated heterocycles. The fourth-order valence-electron chi connectivity index (χ4n) is 3.65. The third-order valence-corrected chi connectivity index (χ3v) is 5.02. The number of nitrogens with zero attached hydrogens (tertiary/aromatic N) is 5. The molecule has 0 aliphatic carbocycles. The van der Waals surface area contributed by atoms with E-state index in [1.165, 1.54) is 5.56 Å². The molecule has 0 bridgehead atoms. The molecule has 1 aromatic carbocycles. The number of hydrogen-bond donors (Lipinski definition) is 0. The molecule has 4 rings (SSSR count). The average Bonchev–Trinajstić information content (AvgIpc) is 3.41. The SMILES string of the molecule is O=C(CCCc1ccccc1)N1CCC[C@H]1c1cncc(-n2ccnc2)n1. The zero-order valence-corrected chi connectivity index (χ0v) is 15.2. The largest absolute Gasteiger partial charge is 0.334 e. The first-order valence-electron chi connectivity index (χ1n) is 9.45. The quantitative estimate of drug-likeness (QED) is 0.675. The number of benzene rings is 1. The van der Waals surface area contributed by atoms with Gasteiger partial charge in [0.2, 0.25) is 5.91 Å². The maximum absolute atomic E-state index is 12.8. The van der Waals surface area contributed by atoms with Gasteiger partial charge < -0.3 is 4.90 Å². The van der Waals surface area contributed by atoms with Crippen LogP contribution in [0.3, 0.4) is 0 Å². The number of hydrogen-bond acceptors (Lipinski definition) is 4. The molecule has 2 aromatic heterocycles. The molecule has 0 radical (unpaired) electrons. The molecule has 0 saturated carbocycles. The van der Waals surface area contributed by atoms with Gasteiger partial charge in [0, 0.05) is 25.4 Å². The second kappa shape index (κ2) is 8.12. The summed E-state index contributed by atoms with van der Waals surface area (Å²) in [5.41, 5.74) is 2.14. The van der Waals surface area contributed by atoms with Crippen LogP contribution in [0.15, 0.2) is 61.4 Å². The smallest absolute Gasteiger partial charge is 0.223 e. The molecule has 138 valence electrons. The maximum Gasteiger partial charge on any atom is 0.223 e. The third kappa shape index (κ3) is 4.05. The third-order valence-electron chi connectivity index (χ3n) is 5.02. The van der Waals surface area contributed by atoms with Crippen molar-refractivity contribution in [1.82, 2.24) is 24.4 Å². The summed E-state index contributed by atoms with van der Waals surface area (Å²) < 4.78 is 1.83. The van der Waals surface area contributed by atoms with E-state index >= 15 is 0 Å². The first-order valence-corrected chi connectivity index (χ1v) is 9.45. The van der Waals surface area contributed by atoms with E-state index in [9.17, 15) is 4.79 Å². The Kier molecular flexibility index (Phi) is 5.23. The monoisotopic (exact) mass is 361 g/mol. The van der Waals surface area contributed by atoms with Crippen molar-refractivity contribution in [2.24, 2.45) is 0 Å². The van der Waals surface area contributed by atoms with Crippen molar-refractivity contribution in [2.75, 3.05) is 6.54 Å². The Balaban J connectivity index is 1.41. The first-order chi connectivity index (χ1) is 13.3. The average molecular weight is 361 g/mol. The molecule has 27 heavy (non-hydrogen) atoms. The van der Waals surface area contributed by atoms with Gasteiger partial charge in [0.05, 0.1) is 24.1 Å². The molecule has 1 amide bonds. The molecule has 1 aliphatic rings. The van der Waals surface area contributed by atoms with Gasteiger partial charge in [0.15, 0.2) is 5.82 Å². The zero-order chi connectivity index (χ0) is 18.5. The van der Waals surface area contributed by atoms with Gasteiger partial charge in [0.1, 0.15) is 6.33 Å². The van der Waals surface area contributed by atoms with Crippen LogP contribution in [0.2, 0.25) is 0 Å². The van der Waals surface area contributed by atoms with Crippen molar-refractivity contribution < 1.29 is 4.79 Å². The van der Waals surface area contributed by atoms with Gasteiger partial charge in [-0.25, -0.2) is 9.97 Å². The van der Waals surface area contributed by atoms with E-state index in [0.717, 1.165) is 43.7 Å². The summed E-state index contributed by atoms with van der Waals surface area (Å²) in [5.74, 6) is 0.941. The van der Waals surface area contributed by atoms with Crippen LogP contribution in [0, 0.1) is 0 Å². The molecule has 1 fully saturated rings. The highest BCUT2D eigenvalue weighted by molar-refractivity contribution is 5.77. The number of imidazole rings is 1. The molecule has 6 heteroatoms. The topological polar surface area (TPSA) is 63.9 Å². The molecule has 3 aromatic rings. The molecule has 3 heterocycles. The van der Waals surface area contributed by atoms with Crippen LogP contribution in [0.1, 0.15) is 43.0 Å². The number of carbonyl (C=O) groups excluding carboxylic acids is 1. The van der Waals surface area contributed by atoms with Crippen LogP contribution in [0.4, 0.5) is 0 Å². The van der Waals surface area contributed by atoms with Gasteiger partial charge in [-0.15, -0.1) is 0 Å². The van der Waals surface area contributed by atoms with Gasteiger partial charge >= 0.3 is 0 Å². The summed E-state index contributed by atoms with van der Waals surface area (Å²) >= 11 is 0.